The van der Waals surface area contributed by atoms with Gasteiger partial charge in [-0.3, -0.25) is 4.79 Å². The lowest BCUT2D eigenvalue weighted by Crippen LogP contribution is -2.18. The lowest BCUT2D eigenvalue weighted by molar-refractivity contribution is -0.106. The monoisotopic (exact) mass is 297 g/mol. The summed E-state index contributed by atoms with van der Waals surface area (Å²) in [6, 6.07) is 7.47. The van der Waals surface area contributed by atoms with Crippen molar-refractivity contribution in [3.05, 3.63) is 44.7 Å². The van der Waals surface area contributed by atoms with E-state index >= 15 is 0 Å². The molecule has 17 heavy (non-hydrogen) atoms. The molecule has 0 aliphatic rings. The van der Waals surface area contributed by atoms with E-state index in [-0.39, 0.29) is 5.56 Å². The van der Waals surface area contributed by atoms with E-state index in [1.54, 1.807) is 6.07 Å². The van der Waals surface area contributed by atoms with Crippen LogP contribution in [0.15, 0.2) is 33.5 Å². The summed E-state index contributed by atoms with van der Waals surface area (Å²) in [5.74, 6) is 0. The van der Waals surface area contributed by atoms with Gasteiger partial charge in [-0.2, -0.15) is 0 Å². The molecule has 0 aliphatic heterocycles. The number of methoxy groups -OCH3 is 2. The molecule has 0 unspecified atom stereocenters. The lowest BCUT2D eigenvalue weighted by atomic mass is 10.1. The van der Waals surface area contributed by atoms with Gasteiger partial charge in [-0.25, -0.2) is 0 Å². The third-order valence-corrected chi connectivity index (χ3v) is 3.01. The molecule has 0 radical (unpaired) electrons. The average molecular weight is 298 g/mol. The Labute approximate surface area is 107 Å². The Morgan fingerprint density at radius 1 is 1.24 bits per heavy atom. The number of benzene rings is 1. The van der Waals surface area contributed by atoms with Crippen LogP contribution in [0.3, 0.4) is 0 Å². The number of hydrogen-bond acceptors (Lipinski definition) is 3. The topological polar surface area (TPSA) is 51.3 Å². The molecule has 0 spiro atoms. The molecule has 1 aromatic heterocycles. The zero-order chi connectivity index (χ0) is 12.4. The summed E-state index contributed by atoms with van der Waals surface area (Å²) >= 11 is 3.36. The van der Waals surface area contributed by atoms with Crippen molar-refractivity contribution in [2.45, 2.75) is 6.29 Å². The number of ether oxygens (including phenoxy) is 2. The van der Waals surface area contributed by atoms with Crippen LogP contribution in [-0.4, -0.2) is 19.2 Å². The Morgan fingerprint density at radius 2 is 1.94 bits per heavy atom. The van der Waals surface area contributed by atoms with Crippen LogP contribution in [0.5, 0.6) is 0 Å². The van der Waals surface area contributed by atoms with Gasteiger partial charge in [-0.15, -0.1) is 0 Å². The fraction of sp³-hybridized carbons (Fsp3) is 0.250. The van der Waals surface area contributed by atoms with Gasteiger partial charge in [0.05, 0.1) is 5.56 Å². The Kier molecular flexibility index (Phi) is 3.61. The molecule has 2 rings (SSSR count). The molecule has 1 heterocycles. The first-order valence-electron chi connectivity index (χ1n) is 5.04. The summed E-state index contributed by atoms with van der Waals surface area (Å²) in [6.45, 7) is 0. The molecule has 0 aliphatic carbocycles. The molecule has 0 fully saturated rings. The SMILES string of the molecule is COC(OC)c1cc2ccc(Br)cc2[nH]c1=O. The largest absolute Gasteiger partial charge is 0.351 e. The number of aromatic nitrogens is 1. The predicted octanol–water partition coefficient (Wildman–Crippen LogP) is 2.58. The van der Waals surface area contributed by atoms with E-state index in [0.29, 0.717) is 5.56 Å². The van der Waals surface area contributed by atoms with E-state index in [0.717, 1.165) is 15.4 Å². The second-order valence-electron chi connectivity index (χ2n) is 3.59. The summed E-state index contributed by atoms with van der Waals surface area (Å²) < 4.78 is 11.1. The van der Waals surface area contributed by atoms with Crippen molar-refractivity contribution >= 4 is 26.8 Å². The van der Waals surface area contributed by atoms with Crippen LogP contribution in [0.2, 0.25) is 0 Å². The number of fused-ring (bicyclic) bond motifs is 1. The normalized spacial score (nSPS) is 11.3. The van der Waals surface area contributed by atoms with Crippen LogP contribution >= 0.6 is 15.9 Å². The maximum atomic E-state index is 11.9. The standard InChI is InChI=1S/C12H12BrNO3/c1-16-12(17-2)9-5-7-3-4-8(13)6-10(7)14-11(9)15/h3-6,12H,1-2H3,(H,14,15). The third kappa shape index (κ3) is 2.41. The van der Waals surface area contributed by atoms with E-state index < -0.39 is 6.29 Å². The molecule has 0 saturated heterocycles. The molecule has 0 bridgehead atoms. The van der Waals surface area contributed by atoms with Gasteiger partial charge in [-0.1, -0.05) is 22.0 Å². The summed E-state index contributed by atoms with van der Waals surface area (Å²) in [7, 11) is 3.00. The highest BCUT2D eigenvalue weighted by molar-refractivity contribution is 9.10. The van der Waals surface area contributed by atoms with E-state index in [2.05, 4.69) is 20.9 Å². The van der Waals surface area contributed by atoms with Crippen LogP contribution in [0.25, 0.3) is 10.9 Å². The number of halogens is 1. The van der Waals surface area contributed by atoms with E-state index in [1.165, 1.54) is 14.2 Å². The predicted molar refractivity (Wildman–Crippen MR) is 69.0 cm³/mol. The van der Waals surface area contributed by atoms with Gasteiger partial charge in [0, 0.05) is 24.2 Å². The number of aromatic amines is 1. The number of hydrogen-bond donors (Lipinski definition) is 1. The van der Waals surface area contributed by atoms with Crippen molar-refractivity contribution in [3.63, 3.8) is 0 Å². The van der Waals surface area contributed by atoms with Crippen molar-refractivity contribution in [3.8, 4) is 0 Å². The Hall–Kier alpha value is -1.17. The van der Waals surface area contributed by atoms with Crippen molar-refractivity contribution < 1.29 is 9.47 Å². The second kappa shape index (κ2) is 5.00. The first-order chi connectivity index (χ1) is 8.15. The van der Waals surface area contributed by atoms with Crippen molar-refractivity contribution in [1.82, 2.24) is 4.98 Å². The molecule has 2 aromatic rings. The Bertz CT molecular complexity index is 590. The van der Waals surface area contributed by atoms with E-state index in [9.17, 15) is 4.79 Å². The highest BCUT2D eigenvalue weighted by Crippen LogP contribution is 2.20. The van der Waals surface area contributed by atoms with Crippen molar-refractivity contribution in [1.29, 1.82) is 0 Å². The summed E-state index contributed by atoms with van der Waals surface area (Å²) in [5, 5.41) is 0.932. The van der Waals surface area contributed by atoms with Gasteiger partial charge in [-0.05, 0) is 23.6 Å². The van der Waals surface area contributed by atoms with Gasteiger partial charge in [0.15, 0.2) is 6.29 Å². The highest BCUT2D eigenvalue weighted by atomic mass is 79.9. The maximum Gasteiger partial charge on any atom is 0.256 e. The van der Waals surface area contributed by atoms with Crippen molar-refractivity contribution in [2.75, 3.05) is 14.2 Å². The fourth-order valence-corrected chi connectivity index (χ4v) is 2.08. The number of pyridine rings is 1. The molecule has 0 atom stereocenters. The van der Waals surface area contributed by atoms with Crippen LogP contribution in [0.4, 0.5) is 0 Å². The minimum absolute atomic E-state index is 0.204. The first kappa shape index (κ1) is 12.3. The fourth-order valence-electron chi connectivity index (χ4n) is 1.72. The van der Waals surface area contributed by atoms with Gasteiger partial charge in [0.1, 0.15) is 0 Å². The van der Waals surface area contributed by atoms with Crippen molar-refractivity contribution in [2.24, 2.45) is 0 Å². The Morgan fingerprint density at radius 3 is 2.59 bits per heavy atom. The molecule has 1 N–H and O–H groups in total. The van der Waals surface area contributed by atoms with Crippen LogP contribution in [-0.2, 0) is 9.47 Å². The first-order valence-corrected chi connectivity index (χ1v) is 5.83. The number of H-pyrrole nitrogens is 1. The van der Waals surface area contributed by atoms with E-state index in [4.69, 9.17) is 9.47 Å². The zero-order valence-electron chi connectivity index (χ0n) is 9.49. The quantitative estimate of drug-likeness (QED) is 0.886. The van der Waals surface area contributed by atoms with Crippen LogP contribution in [0.1, 0.15) is 11.9 Å². The average Bonchev–Trinajstić information content (AvgIpc) is 2.31. The summed E-state index contributed by atoms with van der Waals surface area (Å²) in [5.41, 5.74) is 1.04. The molecular formula is C12H12BrNO3. The molecule has 90 valence electrons. The van der Waals surface area contributed by atoms with E-state index in [1.807, 2.05) is 18.2 Å². The summed E-state index contributed by atoms with van der Waals surface area (Å²) in [4.78, 5) is 14.7. The number of rotatable bonds is 3. The number of nitrogens with one attached hydrogen (secondary N) is 1. The van der Waals surface area contributed by atoms with Gasteiger partial charge < -0.3 is 14.5 Å². The molecule has 0 saturated carbocycles. The molecule has 4 nitrogen and oxygen atoms in total. The maximum absolute atomic E-state index is 11.9. The highest BCUT2D eigenvalue weighted by Gasteiger charge is 2.14. The smallest absolute Gasteiger partial charge is 0.256 e. The molecule has 1 aromatic carbocycles. The van der Waals surface area contributed by atoms with Crippen LogP contribution < -0.4 is 5.56 Å². The van der Waals surface area contributed by atoms with Gasteiger partial charge in [0.2, 0.25) is 0 Å². The molecule has 0 amide bonds. The Balaban J connectivity index is 2.63. The molecule has 5 heteroatoms. The van der Waals surface area contributed by atoms with Gasteiger partial charge >= 0.3 is 0 Å². The minimum atomic E-state index is -0.646. The van der Waals surface area contributed by atoms with Crippen LogP contribution in [0, 0.1) is 0 Å². The minimum Gasteiger partial charge on any atom is -0.351 e. The zero-order valence-corrected chi connectivity index (χ0v) is 11.1. The van der Waals surface area contributed by atoms with Gasteiger partial charge in [0.25, 0.3) is 5.56 Å². The third-order valence-electron chi connectivity index (χ3n) is 2.52. The lowest BCUT2D eigenvalue weighted by Gasteiger charge is -2.13. The molecular weight excluding hydrogens is 286 g/mol. The second-order valence-corrected chi connectivity index (χ2v) is 4.50. The summed E-state index contributed by atoms with van der Waals surface area (Å²) in [6.07, 6.45) is -0.646.